The summed E-state index contributed by atoms with van der Waals surface area (Å²) >= 11 is 0. The number of nitrogens with zero attached hydrogens (tertiary/aromatic N) is 2. The van der Waals surface area contributed by atoms with Gasteiger partial charge in [-0.05, 0) is 61.1 Å². The summed E-state index contributed by atoms with van der Waals surface area (Å²) in [5.41, 5.74) is 3.26. The van der Waals surface area contributed by atoms with Crippen molar-refractivity contribution >= 4 is 10.9 Å². The van der Waals surface area contributed by atoms with Crippen molar-refractivity contribution in [2.24, 2.45) is 7.05 Å². The van der Waals surface area contributed by atoms with E-state index in [-0.39, 0.29) is 6.10 Å². The third-order valence-electron chi connectivity index (χ3n) is 6.53. The fourth-order valence-corrected chi connectivity index (χ4v) is 4.94. The van der Waals surface area contributed by atoms with Gasteiger partial charge in [-0.25, -0.2) is 0 Å². The van der Waals surface area contributed by atoms with E-state index in [0.717, 1.165) is 37.1 Å². The normalized spacial score (nSPS) is 22.4. The first-order chi connectivity index (χ1) is 15.2. The second-order valence-electron chi connectivity index (χ2n) is 8.49. The van der Waals surface area contributed by atoms with Crippen LogP contribution in [0, 0.1) is 11.3 Å². The number of aromatic nitrogens is 1. The lowest BCUT2D eigenvalue weighted by atomic mass is 9.96. The first-order valence-corrected chi connectivity index (χ1v) is 10.8. The molecule has 2 aromatic carbocycles. The molecule has 0 spiro atoms. The minimum Gasteiger partial charge on any atom is -0.493 e. The molecular weight excluding hydrogens is 390 g/mol. The molecule has 31 heavy (non-hydrogen) atoms. The zero-order valence-corrected chi connectivity index (χ0v) is 17.9. The summed E-state index contributed by atoms with van der Waals surface area (Å²) in [7, 11) is 3.72. The lowest BCUT2D eigenvalue weighted by Crippen LogP contribution is -2.41. The lowest BCUT2D eigenvalue weighted by molar-refractivity contribution is 0.0844. The van der Waals surface area contributed by atoms with Gasteiger partial charge in [0, 0.05) is 36.7 Å². The summed E-state index contributed by atoms with van der Waals surface area (Å²) in [5, 5.41) is 14.2. The fraction of sp³-hybridized carbons (Fsp3) is 0.400. The summed E-state index contributed by atoms with van der Waals surface area (Å²) in [6.45, 7) is 1.27. The number of nitriles is 1. The zero-order chi connectivity index (χ0) is 21.4. The van der Waals surface area contributed by atoms with Crippen LogP contribution in [0.1, 0.15) is 36.3 Å². The van der Waals surface area contributed by atoms with Gasteiger partial charge in [-0.2, -0.15) is 5.26 Å². The average Bonchev–Trinajstić information content (AvgIpc) is 3.41. The Morgan fingerprint density at radius 3 is 3.00 bits per heavy atom. The van der Waals surface area contributed by atoms with Crippen LogP contribution in [0.3, 0.4) is 0 Å². The molecule has 3 atom stereocenters. The Kier molecular flexibility index (Phi) is 5.21. The lowest BCUT2D eigenvalue weighted by Gasteiger charge is -2.28. The van der Waals surface area contributed by atoms with Crippen molar-refractivity contribution in [3.63, 3.8) is 0 Å². The number of hydrogen-bond acceptors (Lipinski definition) is 5. The minimum absolute atomic E-state index is 0.0430. The smallest absolute Gasteiger partial charge is 0.204 e. The predicted octanol–water partition coefficient (Wildman–Crippen LogP) is 4.12. The molecule has 0 unspecified atom stereocenters. The molecule has 0 bridgehead atoms. The highest BCUT2D eigenvalue weighted by Crippen LogP contribution is 2.41. The molecule has 1 aliphatic carbocycles. The Balaban J connectivity index is 1.23. The molecule has 1 aromatic heterocycles. The molecule has 6 heteroatoms. The molecule has 1 fully saturated rings. The predicted molar refractivity (Wildman–Crippen MR) is 119 cm³/mol. The van der Waals surface area contributed by atoms with E-state index < -0.39 is 0 Å². The zero-order valence-electron chi connectivity index (χ0n) is 17.9. The highest BCUT2D eigenvalue weighted by atomic mass is 16.6. The summed E-state index contributed by atoms with van der Waals surface area (Å²) in [5.74, 6) is 2.64. The third kappa shape index (κ3) is 3.70. The largest absolute Gasteiger partial charge is 0.493 e. The van der Waals surface area contributed by atoms with Gasteiger partial charge in [-0.3, -0.25) is 0 Å². The van der Waals surface area contributed by atoms with Crippen molar-refractivity contribution in [3.05, 3.63) is 53.7 Å². The van der Waals surface area contributed by atoms with Crippen LogP contribution in [0.2, 0.25) is 0 Å². The summed E-state index contributed by atoms with van der Waals surface area (Å²) in [6, 6.07) is 14.4. The topological polar surface area (TPSA) is 68.4 Å². The number of methoxy groups -OCH3 is 1. The van der Waals surface area contributed by atoms with Gasteiger partial charge in [0.25, 0.3) is 0 Å². The van der Waals surface area contributed by atoms with Crippen LogP contribution in [0.4, 0.5) is 0 Å². The van der Waals surface area contributed by atoms with Gasteiger partial charge in [0.15, 0.2) is 11.5 Å². The highest BCUT2D eigenvalue weighted by molar-refractivity contribution is 5.86. The number of aryl methyl sites for hydroxylation is 1. The third-order valence-corrected chi connectivity index (χ3v) is 6.53. The number of fused-ring (bicyclic) bond motifs is 2. The van der Waals surface area contributed by atoms with Gasteiger partial charge >= 0.3 is 0 Å². The summed E-state index contributed by atoms with van der Waals surface area (Å²) in [6.07, 6.45) is 5.56. The Labute approximate surface area is 182 Å². The standard InChI is InChI=1S/C25H27N3O3/c1-28-14-21(20-10-16(12-26)6-9-22(20)28)17-7-8-18(11-17)27-13-19-15-30-24-5-3-4-23(29-2)25(24)31-19/h3-6,9-10,14,17-19,27H,7-8,11,13,15H2,1-2H3/t17-,18-,19+/m1/s1. The summed E-state index contributed by atoms with van der Waals surface area (Å²) in [4.78, 5) is 0. The van der Waals surface area contributed by atoms with E-state index in [9.17, 15) is 5.26 Å². The van der Waals surface area contributed by atoms with Crippen molar-refractivity contribution < 1.29 is 14.2 Å². The number of hydrogen-bond donors (Lipinski definition) is 1. The van der Waals surface area contributed by atoms with Crippen LogP contribution in [-0.2, 0) is 7.05 Å². The maximum atomic E-state index is 9.29. The van der Waals surface area contributed by atoms with Crippen molar-refractivity contribution in [2.45, 2.75) is 37.3 Å². The molecule has 1 aliphatic heterocycles. The SMILES string of the molecule is COc1cccc2c1O[C@@H](CN[C@@H]1CC[C@@H](c3cn(C)c4ccc(C#N)cc34)C1)CO2. The van der Waals surface area contributed by atoms with Crippen LogP contribution in [-0.4, -0.2) is 37.0 Å². The van der Waals surface area contributed by atoms with Gasteiger partial charge in [0.05, 0.1) is 18.7 Å². The van der Waals surface area contributed by atoms with Gasteiger partial charge < -0.3 is 24.1 Å². The van der Waals surface area contributed by atoms with Crippen LogP contribution in [0.5, 0.6) is 17.2 Å². The Morgan fingerprint density at radius 1 is 1.26 bits per heavy atom. The maximum Gasteiger partial charge on any atom is 0.204 e. The average molecular weight is 418 g/mol. The number of ether oxygens (including phenoxy) is 3. The molecule has 1 N–H and O–H groups in total. The number of nitrogens with one attached hydrogen (secondary N) is 1. The molecular formula is C25H27N3O3. The molecule has 6 nitrogen and oxygen atoms in total. The monoisotopic (exact) mass is 417 g/mol. The first-order valence-electron chi connectivity index (χ1n) is 10.8. The van der Waals surface area contributed by atoms with E-state index in [1.807, 2.05) is 30.3 Å². The molecule has 2 aliphatic rings. The van der Waals surface area contributed by atoms with E-state index in [0.29, 0.717) is 30.1 Å². The van der Waals surface area contributed by atoms with Gasteiger partial charge in [-0.15, -0.1) is 0 Å². The Hall–Kier alpha value is -3.17. The van der Waals surface area contributed by atoms with Gasteiger partial charge in [0.2, 0.25) is 5.75 Å². The van der Waals surface area contributed by atoms with Crippen LogP contribution >= 0.6 is 0 Å². The molecule has 160 valence electrons. The Bertz CT molecular complexity index is 1130. The second kappa shape index (κ2) is 8.16. The van der Waals surface area contributed by atoms with E-state index in [2.05, 4.69) is 35.3 Å². The maximum absolute atomic E-state index is 9.29. The quantitative estimate of drug-likeness (QED) is 0.676. The minimum atomic E-state index is -0.0430. The molecule has 0 radical (unpaired) electrons. The Morgan fingerprint density at radius 2 is 2.16 bits per heavy atom. The first kappa shape index (κ1) is 19.8. The van der Waals surface area contributed by atoms with Crippen molar-refractivity contribution in [1.82, 2.24) is 9.88 Å². The van der Waals surface area contributed by atoms with Crippen LogP contribution in [0.15, 0.2) is 42.6 Å². The van der Waals surface area contributed by atoms with Crippen molar-refractivity contribution in [2.75, 3.05) is 20.3 Å². The van der Waals surface area contributed by atoms with Crippen molar-refractivity contribution in [3.8, 4) is 23.3 Å². The molecule has 0 amide bonds. The van der Waals surface area contributed by atoms with Gasteiger partial charge in [-0.1, -0.05) is 6.07 Å². The fourth-order valence-electron chi connectivity index (χ4n) is 4.94. The van der Waals surface area contributed by atoms with E-state index >= 15 is 0 Å². The van der Waals surface area contributed by atoms with E-state index in [1.54, 1.807) is 7.11 Å². The molecule has 3 aromatic rings. The highest BCUT2D eigenvalue weighted by Gasteiger charge is 2.30. The van der Waals surface area contributed by atoms with Gasteiger partial charge in [0.1, 0.15) is 12.7 Å². The van der Waals surface area contributed by atoms with E-state index in [1.165, 1.54) is 16.5 Å². The van der Waals surface area contributed by atoms with Crippen molar-refractivity contribution in [1.29, 1.82) is 5.26 Å². The second-order valence-corrected chi connectivity index (χ2v) is 8.49. The van der Waals surface area contributed by atoms with Crippen LogP contribution in [0.25, 0.3) is 10.9 Å². The number of rotatable bonds is 5. The van der Waals surface area contributed by atoms with E-state index in [4.69, 9.17) is 14.2 Å². The molecule has 0 saturated heterocycles. The molecule has 1 saturated carbocycles. The summed E-state index contributed by atoms with van der Waals surface area (Å²) < 4.78 is 19.6. The number of para-hydroxylation sites is 1. The molecule has 2 heterocycles. The molecule has 5 rings (SSSR count). The number of benzene rings is 2. The van der Waals surface area contributed by atoms with Crippen LogP contribution < -0.4 is 19.5 Å².